The molecule has 0 rings (SSSR count). The third-order valence-electron chi connectivity index (χ3n) is 0. The van der Waals surface area contributed by atoms with Gasteiger partial charge in [0.2, 0.25) is 0 Å². The average molecular weight is 502 g/mol. The van der Waals surface area contributed by atoms with Crippen LogP contribution in [0, 0.1) is 0 Å². The zero-order valence-corrected chi connectivity index (χ0v) is 11.6. The van der Waals surface area contributed by atoms with Gasteiger partial charge < -0.3 is 5.11 Å². The van der Waals surface area contributed by atoms with Gasteiger partial charge in [-0.2, -0.15) is 0 Å². The van der Waals surface area contributed by atoms with Crippen LogP contribution in [0.3, 0.4) is 0 Å². The molecule has 0 unspecified atom stereocenters. The molecule has 0 aromatic rings. The van der Waals surface area contributed by atoms with Crippen LogP contribution in [-0.4, -0.2) is 7.22 Å². The van der Waals surface area contributed by atoms with Gasteiger partial charge in [0.25, 0.3) is 0 Å². The Morgan fingerprint density at radius 3 is 1.33 bits per heavy atom. The Kier molecular flexibility index (Phi) is 21.4. The quantitative estimate of drug-likeness (QED) is 0.398. The second-order valence-corrected chi connectivity index (χ2v) is 5.02. The van der Waals surface area contributed by atoms with Crippen molar-refractivity contribution in [3.8, 4) is 0 Å². The summed E-state index contributed by atoms with van der Waals surface area (Å²) in [6.45, 7) is 0. The second kappa shape index (κ2) is 10.9. The fraction of sp³-hybridized carbons (Fsp3) is 1.00. The SMILES string of the molecule is OC(I)I.[Zr][I]. The van der Waals surface area contributed by atoms with Crippen molar-refractivity contribution in [1.82, 2.24) is 0 Å². The maximum absolute atomic E-state index is 8.03. The zero-order chi connectivity index (χ0) is 5.58. The molecule has 1 N–H and O–H groups in total. The van der Waals surface area contributed by atoms with Crippen LogP contribution >= 0.6 is 63.2 Å². The summed E-state index contributed by atoms with van der Waals surface area (Å²) in [6, 6.07) is 0. The second-order valence-electron chi connectivity index (χ2n) is 0.278. The minimum absolute atomic E-state index is 0.227. The number of alkyl halides is 2. The molecule has 0 aromatic heterocycles. The maximum atomic E-state index is 8.03. The van der Waals surface area contributed by atoms with Gasteiger partial charge in [0, 0.05) is 0 Å². The van der Waals surface area contributed by atoms with Crippen LogP contribution < -0.4 is 0 Å². The van der Waals surface area contributed by atoms with Gasteiger partial charge in [0.05, 0.1) is 0 Å². The predicted octanol–water partition coefficient (Wildman–Crippen LogP) is 2.02. The van der Waals surface area contributed by atoms with Gasteiger partial charge >= 0.3 is 38.6 Å². The van der Waals surface area contributed by atoms with E-state index in [-0.39, 0.29) is 2.12 Å². The first kappa shape index (κ1) is 11.8. The Labute approximate surface area is 88.8 Å². The summed E-state index contributed by atoms with van der Waals surface area (Å²) in [7, 11) is 0. The molecule has 0 aliphatic rings. The average Bonchev–Trinajstić information content (AvgIpc) is 1.41. The molecule has 0 fully saturated rings. The Morgan fingerprint density at radius 2 is 1.33 bits per heavy atom. The van der Waals surface area contributed by atoms with Crippen molar-refractivity contribution < 1.29 is 25.6 Å². The molecule has 0 spiro atoms. The van der Waals surface area contributed by atoms with Crippen LogP contribution in [0.1, 0.15) is 0 Å². The van der Waals surface area contributed by atoms with Crippen LogP contribution in [0.5, 0.6) is 0 Å². The third-order valence-corrected chi connectivity index (χ3v) is 0. The summed E-state index contributed by atoms with van der Waals surface area (Å²) in [5.41, 5.74) is 0. The molecule has 37 valence electrons. The van der Waals surface area contributed by atoms with E-state index in [2.05, 4.69) is 18.0 Å². The summed E-state index contributed by atoms with van der Waals surface area (Å²) < 4.78 is -0.227. The predicted molar refractivity (Wildman–Crippen MR) is 48.1 cm³/mol. The topological polar surface area (TPSA) is 20.2 Å². The van der Waals surface area contributed by atoms with E-state index in [1.807, 2.05) is 45.2 Å². The molecule has 1 nitrogen and oxygen atoms in total. The third kappa shape index (κ3) is 27.8. The van der Waals surface area contributed by atoms with Gasteiger partial charge in [-0.05, 0) is 45.2 Å². The molecule has 0 saturated heterocycles. The molecule has 0 aromatic carbocycles. The summed E-state index contributed by atoms with van der Waals surface area (Å²) in [5.74, 6) is 0. The monoisotopic (exact) mass is 501 g/mol. The van der Waals surface area contributed by atoms with Crippen molar-refractivity contribution in [2.24, 2.45) is 0 Å². The normalized spacial score (nSPS) is 6.67. The molecule has 6 heavy (non-hydrogen) atoms. The van der Waals surface area contributed by atoms with E-state index >= 15 is 0 Å². The number of aliphatic hydroxyl groups is 1. The van der Waals surface area contributed by atoms with E-state index in [9.17, 15) is 0 Å². The summed E-state index contributed by atoms with van der Waals surface area (Å²) in [5, 5.41) is 8.03. The number of hydrogen-bond acceptors (Lipinski definition) is 1. The molecular weight excluding hydrogens is 500 g/mol. The number of hydrogen-bond donors (Lipinski definition) is 1. The Morgan fingerprint density at radius 1 is 1.33 bits per heavy atom. The fourth-order valence-corrected chi connectivity index (χ4v) is 0. The van der Waals surface area contributed by atoms with Crippen molar-refractivity contribution in [3.05, 3.63) is 0 Å². The van der Waals surface area contributed by atoms with Crippen LogP contribution in [-0.2, 0) is 20.5 Å². The van der Waals surface area contributed by atoms with Crippen molar-refractivity contribution in [2.45, 2.75) is 2.12 Å². The summed E-state index contributed by atoms with van der Waals surface area (Å²) >= 11 is 7.53. The van der Waals surface area contributed by atoms with Gasteiger partial charge in [-0.15, -0.1) is 0 Å². The van der Waals surface area contributed by atoms with Gasteiger partial charge in [-0.1, -0.05) is 0 Å². The molecule has 0 radical (unpaired) electrons. The fourth-order valence-electron chi connectivity index (χ4n) is 0. The molecule has 0 saturated carbocycles. The van der Waals surface area contributed by atoms with E-state index < -0.39 is 0 Å². The van der Waals surface area contributed by atoms with E-state index in [1.165, 1.54) is 20.5 Å². The first-order valence-electron chi connectivity index (χ1n) is 0.884. The van der Waals surface area contributed by atoms with Crippen LogP contribution in [0.4, 0.5) is 0 Å². The van der Waals surface area contributed by atoms with Gasteiger partial charge in [-0.25, -0.2) is 0 Å². The molecule has 0 bridgehead atoms. The van der Waals surface area contributed by atoms with Crippen molar-refractivity contribution in [3.63, 3.8) is 0 Å². The van der Waals surface area contributed by atoms with Gasteiger partial charge in [0.1, 0.15) is 0 Å². The molecule has 0 amide bonds. The standard InChI is InChI=1S/CH2I2O.HI.Zr/c2-1(3)4;;/h1,4H;1H;/q;;+1/p-1. The van der Waals surface area contributed by atoms with Gasteiger partial charge in [-0.3, -0.25) is 0 Å². The van der Waals surface area contributed by atoms with Gasteiger partial charge in [0.15, 0.2) is 2.12 Å². The van der Waals surface area contributed by atoms with Crippen molar-refractivity contribution in [1.29, 1.82) is 0 Å². The molecule has 0 aliphatic carbocycles. The molecule has 0 aliphatic heterocycles. The number of aliphatic hydroxyl groups excluding tert-OH is 1. The number of rotatable bonds is 0. The van der Waals surface area contributed by atoms with Crippen LogP contribution in [0.25, 0.3) is 0 Å². The minimum atomic E-state index is -0.227. The van der Waals surface area contributed by atoms with Crippen LogP contribution in [0.2, 0.25) is 0 Å². The number of halogens is 3. The van der Waals surface area contributed by atoms with E-state index in [0.717, 1.165) is 0 Å². The molecule has 0 heterocycles. The van der Waals surface area contributed by atoms with E-state index in [0.29, 0.717) is 0 Å². The molecular formula is CH2I3OZr. The molecule has 0 atom stereocenters. The van der Waals surface area contributed by atoms with Crippen LogP contribution in [0.15, 0.2) is 0 Å². The zero-order valence-electron chi connectivity index (χ0n) is 2.66. The van der Waals surface area contributed by atoms with E-state index in [1.54, 1.807) is 0 Å². The Balaban J connectivity index is 0. The van der Waals surface area contributed by atoms with E-state index in [4.69, 9.17) is 5.11 Å². The van der Waals surface area contributed by atoms with Crippen molar-refractivity contribution >= 4 is 63.2 Å². The Bertz CT molecular complexity index is 15.5. The summed E-state index contributed by atoms with van der Waals surface area (Å²) in [4.78, 5) is 0. The van der Waals surface area contributed by atoms with Crippen molar-refractivity contribution in [2.75, 3.05) is 0 Å². The molecule has 5 heteroatoms. The first-order valence-corrected chi connectivity index (χ1v) is 10.7. The Hall–Kier alpha value is 3.03. The first-order chi connectivity index (χ1) is 2.73. The summed E-state index contributed by atoms with van der Waals surface area (Å²) in [6.07, 6.45) is 0.